The molecule has 5 rings (SSSR count). The Morgan fingerprint density at radius 1 is 1.21 bits per heavy atom. The number of hydrogen-bond acceptors (Lipinski definition) is 5. The zero-order chi connectivity index (χ0) is 23.1. The van der Waals surface area contributed by atoms with Crippen LogP contribution in [0.5, 0.6) is 0 Å². The van der Waals surface area contributed by atoms with Gasteiger partial charge in [0.05, 0.1) is 23.3 Å². The molecule has 8 nitrogen and oxygen atoms in total. The SMILES string of the molecule is Cc1cc(F)c(C(=O)Nc2cccc(-c3ncnn3C(C)C)n2)cc1-n1cnc(C2CC2)c1. The molecule has 1 amide bonds. The molecule has 1 N–H and O–H groups in total. The highest BCUT2D eigenvalue weighted by Gasteiger charge is 2.26. The van der Waals surface area contributed by atoms with Crippen LogP contribution in [0.1, 0.15) is 60.3 Å². The second kappa shape index (κ2) is 8.23. The van der Waals surface area contributed by atoms with Crippen molar-refractivity contribution in [1.82, 2.24) is 29.3 Å². The van der Waals surface area contributed by atoms with Crippen molar-refractivity contribution < 1.29 is 9.18 Å². The second-order valence-corrected chi connectivity index (χ2v) is 8.58. The van der Waals surface area contributed by atoms with Crippen LogP contribution in [0.25, 0.3) is 17.2 Å². The third-order valence-corrected chi connectivity index (χ3v) is 5.69. The van der Waals surface area contributed by atoms with E-state index in [0.29, 0.717) is 28.9 Å². The molecule has 0 aliphatic heterocycles. The lowest BCUT2D eigenvalue weighted by molar-refractivity contribution is 0.102. The van der Waals surface area contributed by atoms with Crippen molar-refractivity contribution in [1.29, 1.82) is 0 Å². The van der Waals surface area contributed by atoms with E-state index < -0.39 is 11.7 Å². The number of aromatic nitrogens is 6. The van der Waals surface area contributed by atoms with E-state index in [1.165, 1.54) is 12.4 Å². The van der Waals surface area contributed by atoms with Gasteiger partial charge in [-0.2, -0.15) is 5.10 Å². The Labute approximate surface area is 190 Å². The van der Waals surface area contributed by atoms with Crippen LogP contribution < -0.4 is 5.32 Å². The molecular formula is C24H24FN7O. The molecule has 1 aliphatic carbocycles. The van der Waals surface area contributed by atoms with Crippen LogP contribution in [-0.2, 0) is 0 Å². The van der Waals surface area contributed by atoms with Crippen LogP contribution in [0.15, 0.2) is 49.2 Å². The van der Waals surface area contributed by atoms with Crippen LogP contribution in [0, 0.1) is 12.7 Å². The summed E-state index contributed by atoms with van der Waals surface area (Å²) in [6.07, 6.45) is 7.43. The molecule has 1 aliphatic rings. The third kappa shape index (κ3) is 4.13. The molecule has 0 radical (unpaired) electrons. The van der Waals surface area contributed by atoms with Gasteiger partial charge in [0.15, 0.2) is 5.82 Å². The van der Waals surface area contributed by atoms with E-state index in [-0.39, 0.29) is 11.6 Å². The van der Waals surface area contributed by atoms with Gasteiger partial charge in [-0.3, -0.25) is 4.79 Å². The molecule has 9 heteroatoms. The third-order valence-electron chi connectivity index (χ3n) is 5.69. The number of nitrogens with one attached hydrogen (secondary N) is 1. The quantitative estimate of drug-likeness (QED) is 0.465. The van der Waals surface area contributed by atoms with Gasteiger partial charge in [0.2, 0.25) is 0 Å². The molecule has 3 heterocycles. The number of nitrogens with zero attached hydrogens (tertiary/aromatic N) is 6. The Kier molecular flexibility index (Phi) is 5.24. The summed E-state index contributed by atoms with van der Waals surface area (Å²) in [7, 11) is 0. The molecular weight excluding hydrogens is 421 g/mol. The Morgan fingerprint density at radius 3 is 2.79 bits per heavy atom. The minimum absolute atomic E-state index is 0.0603. The average Bonchev–Trinajstić information content (AvgIpc) is 3.31. The standard InChI is InChI=1S/C24H24FN7O/c1-14(2)32-23(26-12-28-32)19-5-4-6-22(29-19)30-24(33)17-10-21(15(3)9-18(17)25)31-11-20(27-13-31)16-7-8-16/h4-6,9-14,16H,7-8H2,1-3H3,(H,29,30,33). The summed E-state index contributed by atoms with van der Waals surface area (Å²) in [5.41, 5.74) is 2.97. The highest BCUT2D eigenvalue weighted by atomic mass is 19.1. The van der Waals surface area contributed by atoms with Crippen molar-refractivity contribution in [2.45, 2.75) is 45.6 Å². The van der Waals surface area contributed by atoms with Crippen LogP contribution in [0.2, 0.25) is 0 Å². The summed E-state index contributed by atoms with van der Waals surface area (Å²) in [5, 5.41) is 6.94. The fourth-order valence-electron chi connectivity index (χ4n) is 3.80. The Hall–Kier alpha value is -3.88. The first kappa shape index (κ1) is 21.0. The molecule has 4 aromatic rings. The molecule has 1 aromatic carbocycles. The monoisotopic (exact) mass is 445 g/mol. The molecule has 33 heavy (non-hydrogen) atoms. The van der Waals surface area contributed by atoms with E-state index in [9.17, 15) is 9.18 Å². The molecule has 0 unspecified atom stereocenters. The van der Waals surface area contributed by atoms with Crippen LogP contribution >= 0.6 is 0 Å². The molecule has 0 atom stereocenters. The van der Waals surface area contributed by atoms with Crippen molar-refractivity contribution in [2.75, 3.05) is 5.32 Å². The van der Waals surface area contributed by atoms with E-state index in [4.69, 9.17) is 0 Å². The largest absolute Gasteiger partial charge is 0.306 e. The summed E-state index contributed by atoms with van der Waals surface area (Å²) < 4.78 is 18.4. The van der Waals surface area contributed by atoms with Gasteiger partial charge in [-0.05, 0) is 63.4 Å². The van der Waals surface area contributed by atoms with Crippen molar-refractivity contribution in [2.24, 2.45) is 0 Å². The van der Waals surface area contributed by atoms with Gasteiger partial charge < -0.3 is 9.88 Å². The normalized spacial score (nSPS) is 13.5. The number of amides is 1. The predicted molar refractivity (Wildman–Crippen MR) is 122 cm³/mol. The maximum Gasteiger partial charge on any atom is 0.259 e. The maximum absolute atomic E-state index is 14.8. The summed E-state index contributed by atoms with van der Waals surface area (Å²) in [6, 6.07) is 8.24. The molecule has 1 fully saturated rings. The highest BCUT2D eigenvalue weighted by Crippen LogP contribution is 2.39. The minimum Gasteiger partial charge on any atom is -0.306 e. The number of rotatable bonds is 6. The molecule has 0 spiro atoms. The molecule has 1 saturated carbocycles. The number of pyridine rings is 1. The van der Waals surface area contributed by atoms with Crippen LogP contribution in [-0.4, -0.2) is 35.2 Å². The van der Waals surface area contributed by atoms with Crippen molar-refractivity contribution >= 4 is 11.7 Å². The van der Waals surface area contributed by atoms with E-state index >= 15 is 0 Å². The van der Waals surface area contributed by atoms with E-state index in [0.717, 1.165) is 24.1 Å². The van der Waals surface area contributed by atoms with Gasteiger partial charge >= 0.3 is 0 Å². The van der Waals surface area contributed by atoms with E-state index in [1.807, 2.05) is 31.5 Å². The van der Waals surface area contributed by atoms with E-state index in [1.54, 1.807) is 35.3 Å². The number of benzene rings is 1. The number of carbonyl (C=O) groups is 1. The first-order valence-corrected chi connectivity index (χ1v) is 10.9. The van der Waals surface area contributed by atoms with Gasteiger partial charge in [0, 0.05) is 18.2 Å². The number of aryl methyl sites for hydroxylation is 1. The van der Waals surface area contributed by atoms with Gasteiger partial charge in [-0.1, -0.05) is 6.07 Å². The van der Waals surface area contributed by atoms with Gasteiger partial charge in [0.25, 0.3) is 5.91 Å². The first-order valence-electron chi connectivity index (χ1n) is 10.9. The lowest BCUT2D eigenvalue weighted by Gasteiger charge is -2.12. The summed E-state index contributed by atoms with van der Waals surface area (Å²) in [4.78, 5) is 26.2. The molecule has 3 aromatic heterocycles. The van der Waals surface area contributed by atoms with Crippen molar-refractivity contribution in [3.63, 3.8) is 0 Å². The fraction of sp³-hybridized carbons (Fsp3) is 0.292. The van der Waals surface area contributed by atoms with Crippen molar-refractivity contribution in [3.8, 4) is 17.2 Å². The van der Waals surface area contributed by atoms with Crippen LogP contribution in [0.4, 0.5) is 10.2 Å². The minimum atomic E-state index is -0.591. The van der Waals surface area contributed by atoms with Gasteiger partial charge in [0.1, 0.15) is 23.7 Å². The number of anilines is 1. The summed E-state index contributed by atoms with van der Waals surface area (Å²) in [6.45, 7) is 5.80. The topological polar surface area (TPSA) is 90.5 Å². The Morgan fingerprint density at radius 2 is 2.03 bits per heavy atom. The average molecular weight is 446 g/mol. The van der Waals surface area contributed by atoms with Crippen molar-refractivity contribution in [3.05, 3.63) is 71.8 Å². The number of hydrogen-bond donors (Lipinski definition) is 1. The Balaban J connectivity index is 1.42. The molecule has 0 saturated heterocycles. The smallest absolute Gasteiger partial charge is 0.259 e. The number of halogens is 1. The zero-order valence-corrected chi connectivity index (χ0v) is 18.7. The Bertz CT molecular complexity index is 1340. The summed E-state index contributed by atoms with van der Waals surface area (Å²) >= 11 is 0. The number of carbonyl (C=O) groups excluding carboxylic acids is 1. The zero-order valence-electron chi connectivity index (χ0n) is 18.7. The predicted octanol–water partition coefficient (Wildman–Crippen LogP) is 4.68. The van der Waals surface area contributed by atoms with Crippen LogP contribution in [0.3, 0.4) is 0 Å². The van der Waals surface area contributed by atoms with E-state index in [2.05, 4.69) is 25.4 Å². The lowest BCUT2D eigenvalue weighted by atomic mass is 10.1. The number of imidazole rings is 1. The fourth-order valence-corrected chi connectivity index (χ4v) is 3.80. The highest BCUT2D eigenvalue weighted by molar-refractivity contribution is 6.04. The maximum atomic E-state index is 14.8. The summed E-state index contributed by atoms with van der Waals surface area (Å²) in [5.74, 6) is 0.236. The lowest BCUT2D eigenvalue weighted by Crippen LogP contribution is -2.16. The first-order chi connectivity index (χ1) is 15.9. The van der Waals surface area contributed by atoms with Gasteiger partial charge in [-0.15, -0.1) is 0 Å². The molecule has 168 valence electrons. The molecule has 0 bridgehead atoms. The second-order valence-electron chi connectivity index (χ2n) is 8.58. The van der Waals surface area contributed by atoms with Gasteiger partial charge in [-0.25, -0.2) is 24.0 Å².